The number of rotatable bonds is 5. The van der Waals surface area contributed by atoms with Gasteiger partial charge in [-0.3, -0.25) is 14.2 Å². The Bertz CT molecular complexity index is 893. The quantitative estimate of drug-likeness (QED) is 0.861. The van der Waals surface area contributed by atoms with Crippen LogP contribution >= 0.6 is 0 Å². The Morgan fingerprint density at radius 3 is 2.64 bits per heavy atom. The van der Waals surface area contributed by atoms with Crippen LogP contribution in [-0.4, -0.2) is 44.2 Å². The van der Waals surface area contributed by atoms with Crippen LogP contribution in [0.25, 0.3) is 10.9 Å². The third-order valence-corrected chi connectivity index (χ3v) is 6.48. The molecule has 4 rings (SSSR count). The van der Waals surface area contributed by atoms with Crippen molar-refractivity contribution in [3.8, 4) is 0 Å². The van der Waals surface area contributed by atoms with Crippen LogP contribution in [0, 0.1) is 5.92 Å². The Labute approximate surface area is 165 Å². The lowest BCUT2D eigenvalue weighted by molar-refractivity contribution is -0.136. The second-order valence-corrected chi connectivity index (χ2v) is 8.49. The van der Waals surface area contributed by atoms with E-state index in [4.69, 9.17) is 0 Å². The average molecular weight is 383 g/mol. The highest BCUT2D eigenvalue weighted by Gasteiger charge is 2.34. The first-order valence-corrected chi connectivity index (χ1v) is 10.5. The zero-order chi connectivity index (χ0) is 19.6. The van der Waals surface area contributed by atoms with Crippen molar-refractivity contribution in [2.45, 2.75) is 63.5 Å². The van der Waals surface area contributed by atoms with Crippen LogP contribution in [0.2, 0.25) is 0 Å². The van der Waals surface area contributed by atoms with Gasteiger partial charge in [-0.05, 0) is 37.3 Å². The minimum atomic E-state index is -0.976. The van der Waals surface area contributed by atoms with Crippen molar-refractivity contribution in [1.29, 1.82) is 0 Å². The maximum Gasteiger partial charge on any atom is 0.261 e. The number of fused-ring (bicyclic) bond motifs is 1. The Balaban J connectivity index is 1.35. The molecule has 150 valence electrons. The van der Waals surface area contributed by atoms with E-state index in [1.165, 1.54) is 36.6 Å². The van der Waals surface area contributed by atoms with Crippen LogP contribution < -0.4 is 5.56 Å². The first kappa shape index (κ1) is 19.1. The molecule has 1 N–H and O–H groups in total. The standard InChI is InChI=1S/C22H29N3O3/c26-20(10-9-17-5-1-2-6-17)24-13-11-22(28,12-14-24)15-25-16-23-19-8-4-3-7-18(19)21(25)27/h3-4,7-8,16-17,28H,1-2,5-6,9-15H2. The van der Waals surface area contributed by atoms with Gasteiger partial charge in [-0.1, -0.05) is 37.8 Å². The van der Waals surface area contributed by atoms with Gasteiger partial charge in [0, 0.05) is 19.5 Å². The Kier molecular flexibility index (Phi) is 5.49. The molecule has 2 aromatic rings. The summed E-state index contributed by atoms with van der Waals surface area (Å²) in [5, 5.41) is 11.6. The van der Waals surface area contributed by atoms with Crippen molar-refractivity contribution in [2.24, 2.45) is 5.92 Å². The highest BCUT2D eigenvalue weighted by molar-refractivity contribution is 5.77. The second-order valence-electron chi connectivity index (χ2n) is 8.49. The number of carbonyl (C=O) groups excluding carboxylic acids is 1. The topological polar surface area (TPSA) is 75.4 Å². The predicted octanol–water partition coefficient (Wildman–Crippen LogP) is 2.72. The molecule has 2 heterocycles. The lowest BCUT2D eigenvalue weighted by Crippen LogP contribution is -2.49. The van der Waals surface area contributed by atoms with Crippen LogP contribution in [0.15, 0.2) is 35.4 Å². The van der Waals surface area contributed by atoms with Crippen molar-refractivity contribution in [2.75, 3.05) is 13.1 Å². The van der Waals surface area contributed by atoms with Gasteiger partial charge in [0.2, 0.25) is 5.91 Å². The second kappa shape index (κ2) is 8.03. The number of likely N-dealkylation sites (tertiary alicyclic amines) is 1. The summed E-state index contributed by atoms with van der Waals surface area (Å²) < 4.78 is 1.50. The van der Waals surface area contributed by atoms with Crippen molar-refractivity contribution in [3.05, 3.63) is 40.9 Å². The SMILES string of the molecule is O=C(CCC1CCCC1)N1CCC(O)(Cn2cnc3ccccc3c2=O)CC1. The molecule has 1 aliphatic carbocycles. The van der Waals surface area contributed by atoms with Crippen molar-refractivity contribution in [1.82, 2.24) is 14.5 Å². The molecule has 0 radical (unpaired) electrons. The molecular formula is C22H29N3O3. The van der Waals surface area contributed by atoms with Gasteiger partial charge in [0.15, 0.2) is 0 Å². The number of hydrogen-bond donors (Lipinski definition) is 1. The van der Waals surface area contributed by atoms with E-state index in [2.05, 4.69) is 4.98 Å². The molecule has 1 amide bonds. The molecule has 1 aromatic carbocycles. The average Bonchev–Trinajstić information content (AvgIpc) is 3.23. The largest absolute Gasteiger partial charge is 0.388 e. The molecule has 1 aliphatic heterocycles. The van der Waals surface area contributed by atoms with Crippen molar-refractivity contribution >= 4 is 16.8 Å². The van der Waals surface area contributed by atoms with E-state index < -0.39 is 5.60 Å². The summed E-state index contributed by atoms with van der Waals surface area (Å²) in [6.07, 6.45) is 9.25. The number of aromatic nitrogens is 2. The number of hydrogen-bond acceptors (Lipinski definition) is 4. The molecule has 1 saturated carbocycles. The van der Waals surface area contributed by atoms with Gasteiger partial charge in [-0.2, -0.15) is 0 Å². The molecule has 6 nitrogen and oxygen atoms in total. The minimum Gasteiger partial charge on any atom is -0.388 e. The van der Waals surface area contributed by atoms with Crippen LogP contribution in [0.3, 0.4) is 0 Å². The van der Waals surface area contributed by atoms with Crippen LogP contribution in [0.1, 0.15) is 51.4 Å². The summed E-state index contributed by atoms with van der Waals surface area (Å²) in [7, 11) is 0. The van der Waals surface area contributed by atoms with Crippen LogP contribution in [0.5, 0.6) is 0 Å². The summed E-state index contributed by atoms with van der Waals surface area (Å²) >= 11 is 0. The molecule has 0 bridgehead atoms. The molecule has 28 heavy (non-hydrogen) atoms. The van der Waals surface area contributed by atoms with Gasteiger partial charge in [0.25, 0.3) is 5.56 Å². The van der Waals surface area contributed by atoms with E-state index in [1.54, 1.807) is 6.07 Å². The molecule has 2 aliphatic rings. The smallest absolute Gasteiger partial charge is 0.261 e. The van der Waals surface area contributed by atoms with Crippen molar-refractivity contribution in [3.63, 3.8) is 0 Å². The van der Waals surface area contributed by atoms with E-state index in [0.29, 0.717) is 43.3 Å². The van der Waals surface area contributed by atoms with Crippen molar-refractivity contribution < 1.29 is 9.90 Å². The summed E-state index contributed by atoms with van der Waals surface area (Å²) in [5.41, 5.74) is -0.441. The molecule has 0 unspecified atom stereocenters. The molecule has 2 fully saturated rings. The maximum atomic E-state index is 12.7. The Hall–Kier alpha value is -2.21. The monoisotopic (exact) mass is 383 g/mol. The fourth-order valence-corrected chi connectivity index (χ4v) is 4.65. The maximum absolute atomic E-state index is 12.7. The number of benzene rings is 1. The summed E-state index contributed by atoms with van der Waals surface area (Å²) in [4.78, 5) is 31.4. The lowest BCUT2D eigenvalue weighted by Gasteiger charge is -2.38. The molecule has 0 atom stereocenters. The van der Waals surface area contributed by atoms with E-state index in [1.807, 2.05) is 23.1 Å². The molecule has 0 spiro atoms. The van der Waals surface area contributed by atoms with Crippen LogP contribution in [0.4, 0.5) is 0 Å². The number of aliphatic hydroxyl groups is 1. The Morgan fingerprint density at radius 2 is 1.89 bits per heavy atom. The highest BCUT2D eigenvalue weighted by atomic mass is 16.3. The molecular weight excluding hydrogens is 354 g/mol. The third-order valence-electron chi connectivity index (χ3n) is 6.48. The minimum absolute atomic E-state index is 0.130. The fraction of sp³-hybridized carbons (Fsp3) is 0.591. The fourth-order valence-electron chi connectivity index (χ4n) is 4.65. The third kappa shape index (κ3) is 4.12. The Morgan fingerprint density at radius 1 is 1.18 bits per heavy atom. The van der Waals surface area contributed by atoms with Crippen LogP contribution in [-0.2, 0) is 11.3 Å². The van der Waals surface area contributed by atoms with E-state index in [9.17, 15) is 14.7 Å². The van der Waals surface area contributed by atoms with E-state index >= 15 is 0 Å². The van der Waals surface area contributed by atoms with E-state index in [-0.39, 0.29) is 18.0 Å². The normalized spacial score (nSPS) is 20.0. The van der Waals surface area contributed by atoms with Gasteiger partial charge in [-0.25, -0.2) is 4.98 Å². The molecule has 1 saturated heterocycles. The van der Waals surface area contributed by atoms with Gasteiger partial charge in [0.1, 0.15) is 0 Å². The number of nitrogens with zero attached hydrogens (tertiary/aromatic N) is 3. The molecule has 1 aromatic heterocycles. The van der Waals surface area contributed by atoms with E-state index in [0.717, 1.165) is 12.3 Å². The first-order valence-electron chi connectivity index (χ1n) is 10.5. The number of carbonyl (C=O) groups is 1. The van der Waals surface area contributed by atoms with Gasteiger partial charge >= 0.3 is 0 Å². The number of para-hydroxylation sites is 1. The number of piperidine rings is 1. The summed E-state index contributed by atoms with van der Waals surface area (Å²) in [5.74, 6) is 0.927. The zero-order valence-electron chi connectivity index (χ0n) is 16.3. The van der Waals surface area contributed by atoms with Gasteiger partial charge in [0.05, 0.1) is 29.4 Å². The van der Waals surface area contributed by atoms with Gasteiger partial charge < -0.3 is 10.0 Å². The summed E-state index contributed by atoms with van der Waals surface area (Å²) in [6.45, 7) is 1.32. The zero-order valence-corrected chi connectivity index (χ0v) is 16.3. The predicted molar refractivity (Wildman–Crippen MR) is 108 cm³/mol. The number of amides is 1. The first-order chi connectivity index (χ1) is 13.5. The molecule has 6 heteroatoms. The van der Waals surface area contributed by atoms with Gasteiger partial charge in [-0.15, -0.1) is 0 Å². The summed E-state index contributed by atoms with van der Waals surface area (Å²) in [6, 6.07) is 7.24. The highest BCUT2D eigenvalue weighted by Crippen LogP contribution is 2.29. The lowest BCUT2D eigenvalue weighted by atomic mass is 9.90.